The topological polar surface area (TPSA) is 147 Å². The van der Waals surface area contributed by atoms with E-state index in [1.807, 2.05) is 80.2 Å². The molecule has 0 bridgehead atoms. The summed E-state index contributed by atoms with van der Waals surface area (Å²) in [4.78, 5) is 51.8. The van der Waals surface area contributed by atoms with E-state index in [9.17, 15) is 9.59 Å². The first-order chi connectivity index (χ1) is 25.4. The van der Waals surface area contributed by atoms with Crippen molar-refractivity contribution in [1.29, 1.82) is 0 Å². The van der Waals surface area contributed by atoms with Crippen LogP contribution < -0.4 is 40.4 Å². The standard InChI is InChI=1S/C37H46N12O3/c1-5-39-36-41-22-30-32(43-36)45(4)15-16-47(34(30)50)27-11-8-12-28(20-27)52-29-13-14-46(24-29)49-18-17-48(26-10-7-9-25(19-26)21-38-3)35(51)31-23-42-37(40-6-2)44-33(31)49/h7-12,19-20,22-23,29,38H,5-6,13-18,21,24H2,1-4H3,(H,39,41,43)(H,40,42,44). The van der Waals surface area contributed by atoms with Crippen molar-refractivity contribution in [2.75, 3.05) is 96.8 Å². The van der Waals surface area contributed by atoms with E-state index < -0.39 is 0 Å². The van der Waals surface area contributed by atoms with Crippen LogP contribution in [0.15, 0.2) is 60.9 Å². The molecule has 15 nitrogen and oxygen atoms in total. The van der Waals surface area contributed by atoms with Gasteiger partial charge in [-0.05, 0) is 50.7 Å². The van der Waals surface area contributed by atoms with Gasteiger partial charge < -0.3 is 35.4 Å². The summed E-state index contributed by atoms with van der Waals surface area (Å²) in [5.41, 5.74) is 3.60. The second-order valence-electron chi connectivity index (χ2n) is 13.0. The Morgan fingerprint density at radius 1 is 0.788 bits per heavy atom. The Morgan fingerprint density at radius 3 is 2.12 bits per heavy atom. The Balaban J connectivity index is 1.09. The molecule has 1 unspecified atom stereocenters. The highest BCUT2D eigenvalue weighted by Crippen LogP contribution is 2.32. The van der Waals surface area contributed by atoms with Crippen LogP contribution in [0.3, 0.4) is 0 Å². The zero-order valence-corrected chi connectivity index (χ0v) is 30.2. The molecule has 15 heteroatoms. The monoisotopic (exact) mass is 706 g/mol. The molecule has 5 heterocycles. The maximum Gasteiger partial charge on any atom is 0.263 e. The molecule has 272 valence electrons. The van der Waals surface area contributed by atoms with Crippen LogP contribution in [0.2, 0.25) is 0 Å². The van der Waals surface area contributed by atoms with E-state index in [1.165, 1.54) is 0 Å². The van der Waals surface area contributed by atoms with Gasteiger partial charge in [0.25, 0.3) is 11.8 Å². The van der Waals surface area contributed by atoms with Gasteiger partial charge in [-0.1, -0.05) is 18.2 Å². The van der Waals surface area contributed by atoms with Crippen LogP contribution in [0.4, 0.5) is 34.9 Å². The van der Waals surface area contributed by atoms with Gasteiger partial charge in [-0.25, -0.2) is 15.0 Å². The third-order valence-corrected chi connectivity index (χ3v) is 9.46. The van der Waals surface area contributed by atoms with Gasteiger partial charge in [-0.2, -0.15) is 9.97 Å². The minimum absolute atomic E-state index is 0.119. The van der Waals surface area contributed by atoms with E-state index >= 15 is 0 Å². The predicted molar refractivity (Wildman–Crippen MR) is 203 cm³/mol. The van der Waals surface area contributed by atoms with Gasteiger partial charge in [-0.15, -0.1) is 0 Å². The van der Waals surface area contributed by atoms with Gasteiger partial charge in [0, 0.05) is 89.1 Å². The Bertz CT molecular complexity index is 1920. The lowest BCUT2D eigenvalue weighted by Crippen LogP contribution is -2.45. The number of amides is 2. The van der Waals surface area contributed by atoms with Crippen LogP contribution in [0.25, 0.3) is 0 Å². The van der Waals surface area contributed by atoms with Crippen molar-refractivity contribution in [2.24, 2.45) is 0 Å². The molecule has 1 fully saturated rings. The Labute approximate surface area is 304 Å². The molecule has 4 aromatic rings. The minimum Gasteiger partial charge on any atom is -0.489 e. The number of likely N-dealkylation sites (N-methyl/N-ethyl adjacent to an activating group) is 1. The molecule has 2 amide bonds. The smallest absolute Gasteiger partial charge is 0.263 e. The van der Waals surface area contributed by atoms with Gasteiger partial charge in [0.15, 0.2) is 5.82 Å². The van der Waals surface area contributed by atoms with Crippen molar-refractivity contribution < 1.29 is 14.3 Å². The van der Waals surface area contributed by atoms with Crippen molar-refractivity contribution >= 4 is 46.7 Å². The molecule has 2 aromatic heterocycles. The minimum atomic E-state index is -0.150. The molecular weight excluding hydrogens is 660 g/mol. The predicted octanol–water partition coefficient (Wildman–Crippen LogP) is 3.48. The van der Waals surface area contributed by atoms with Crippen LogP contribution >= 0.6 is 0 Å². The van der Waals surface area contributed by atoms with Crippen LogP contribution in [0, 0.1) is 0 Å². The molecule has 0 spiro atoms. The largest absolute Gasteiger partial charge is 0.489 e. The number of ether oxygens (including phenoxy) is 1. The van der Waals surface area contributed by atoms with Gasteiger partial charge in [0.05, 0.1) is 13.1 Å². The Kier molecular flexibility index (Phi) is 10.3. The highest BCUT2D eigenvalue weighted by Gasteiger charge is 2.36. The number of benzene rings is 2. The molecule has 2 aromatic carbocycles. The molecule has 3 aliphatic heterocycles. The molecule has 7 rings (SSSR count). The van der Waals surface area contributed by atoms with Gasteiger partial charge in [0.1, 0.15) is 28.8 Å². The zero-order valence-electron chi connectivity index (χ0n) is 30.2. The first-order valence-electron chi connectivity index (χ1n) is 18.0. The molecule has 1 saturated heterocycles. The summed E-state index contributed by atoms with van der Waals surface area (Å²) in [5, 5.41) is 13.8. The highest BCUT2D eigenvalue weighted by atomic mass is 16.5. The molecule has 1 atom stereocenters. The summed E-state index contributed by atoms with van der Waals surface area (Å²) in [7, 11) is 3.85. The SMILES string of the molecule is CCNc1ncc2c(n1)N(C)CCN(c1cccc(OC3CCN(N4CCN(c5cccc(CNC)c5)C(=O)c5cnc(NCC)nc54)C3)c1)C2=O. The van der Waals surface area contributed by atoms with Gasteiger partial charge in [0.2, 0.25) is 11.9 Å². The molecule has 3 aliphatic rings. The number of carbonyl (C=O) groups is 2. The summed E-state index contributed by atoms with van der Waals surface area (Å²) < 4.78 is 6.58. The number of carbonyl (C=O) groups excluding carboxylic acids is 2. The number of nitrogens with one attached hydrogen (secondary N) is 3. The van der Waals surface area contributed by atoms with Crippen LogP contribution in [-0.4, -0.2) is 109 Å². The van der Waals surface area contributed by atoms with E-state index in [0.29, 0.717) is 92.8 Å². The number of anilines is 6. The van der Waals surface area contributed by atoms with Crippen LogP contribution in [0.5, 0.6) is 5.75 Å². The average molecular weight is 707 g/mol. The van der Waals surface area contributed by atoms with E-state index in [0.717, 1.165) is 29.9 Å². The van der Waals surface area contributed by atoms with E-state index in [1.54, 1.807) is 17.3 Å². The van der Waals surface area contributed by atoms with Crippen LogP contribution in [-0.2, 0) is 6.54 Å². The quantitative estimate of drug-likeness (QED) is 0.209. The number of hydrogen-bond donors (Lipinski definition) is 3. The van der Waals surface area contributed by atoms with E-state index in [4.69, 9.17) is 9.72 Å². The summed E-state index contributed by atoms with van der Waals surface area (Å²) in [6.07, 6.45) is 3.89. The summed E-state index contributed by atoms with van der Waals surface area (Å²) in [5.74, 6) is 2.58. The number of rotatable bonds is 11. The summed E-state index contributed by atoms with van der Waals surface area (Å²) >= 11 is 0. The molecule has 3 N–H and O–H groups in total. The highest BCUT2D eigenvalue weighted by molar-refractivity contribution is 6.10. The lowest BCUT2D eigenvalue weighted by atomic mass is 10.1. The van der Waals surface area contributed by atoms with Crippen molar-refractivity contribution in [3.05, 3.63) is 77.6 Å². The van der Waals surface area contributed by atoms with Gasteiger partial charge >= 0.3 is 0 Å². The van der Waals surface area contributed by atoms with Crippen molar-refractivity contribution in [1.82, 2.24) is 30.3 Å². The number of hydrazine groups is 1. The van der Waals surface area contributed by atoms with Crippen molar-refractivity contribution in [2.45, 2.75) is 32.9 Å². The fourth-order valence-corrected chi connectivity index (χ4v) is 6.92. The van der Waals surface area contributed by atoms with Gasteiger partial charge in [-0.3, -0.25) is 14.6 Å². The number of nitrogens with zero attached hydrogens (tertiary/aromatic N) is 9. The number of hydrogen-bond acceptors (Lipinski definition) is 13. The van der Waals surface area contributed by atoms with E-state index in [2.05, 4.69) is 47.0 Å². The fourth-order valence-electron chi connectivity index (χ4n) is 6.92. The molecule has 0 radical (unpaired) electrons. The number of fused-ring (bicyclic) bond motifs is 2. The molecular formula is C37H46N12O3. The Hall–Kier alpha value is -5.54. The summed E-state index contributed by atoms with van der Waals surface area (Å²) in [6, 6.07) is 15.8. The molecule has 52 heavy (non-hydrogen) atoms. The van der Waals surface area contributed by atoms with Crippen LogP contribution in [0.1, 0.15) is 46.5 Å². The third kappa shape index (κ3) is 7.14. The van der Waals surface area contributed by atoms with E-state index in [-0.39, 0.29) is 17.9 Å². The first kappa shape index (κ1) is 34.9. The lowest BCUT2D eigenvalue weighted by molar-refractivity contribution is 0.0981. The van der Waals surface area contributed by atoms with Crippen molar-refractivity contribution in [3.8, 4) is 5.75 Å². The fraction of sp³-hybridized carbons (Fsp3) is 0.405. The first-order valence-corrected chi connectivity index (χ1v) is 18.0. The normalized spacial score (nSPS) is 17.8. The second kappa shape index (κ2) is 15.4. The zero-order chi connectivity index (χ0) is 36.2. The average Bonchev–Trinajstić information content (AvgIpc) is 3.50. The maximum atomic E-state index is 14.1. The second-order valence-corrected chi connectivity index (χ2v) is 13.0. The maximum absolute atomic E-state index is 14.1. The third-order valence-electron chi connectivity index (χ3n) is 9.46. The number of aromatic nitrogens is 4. The Morgan fingerprint density at radius 2 is 1.42 bits per heavy atom. The molecule has 0 saturated carbocycles. The lowest BCUT2D eigenvalue weighted by Gasteiger charge is -2.32. The summed E-state index contributed by atoms with van der Waals surface area (Å²) in [6.45, 7) is 9.47. The van der Waals surface area contributed by atoms with Crippen molar-refractivity contribution in [3.63, 3.8) is 0 Å². The molecule has 0 aliphatic carbocycles.